The number of nitrogens with one attached hydrogen (secondary N) is 1. The van der Waals surface area contributed by atoms with Crippen molar-refractivity contribution in [3.8, 4) is 0 Å². The van der Waals surface area contributed by atoms with Gasteiger partial charge in [0.1, 0.15) is 12.1 Å². The molecule has 0 aliphatic carbocycles. The second kappa shape index (κ2) is 8.47. The molecule has 2 unspecified atom stereocenters. The van der Waals surface area contributed by atoms with Crippen molar-refractivity contribution in [2.45, 2.75) is 51.1 Å². The van der Waals surface area contributed by atoms with E-state index in [9.17, 15) is 19.5 Å². The standard InChI is InChI=1S/C18H24N2O4/c1-2-7-16(21)20-11-6-10-15(20)17(22)19-14(18(23)24)12-13-8-4-3-5-9-13/h3-5,8-9,14-15H,2,6-7,10-12H2,1H3,(H,19,22)(H,23,24). The first-order chi connectivity index (χ1) is 11.5. The lowest BCUT2D eigenvalue weighted by Gasteiger charge is -2.25. The molecule has 1 fully saturated rings. The monoisotopic (exact) mass is 332 g/mol. The van der Waals surface area contributed by atoms with Crippen molar-refractivity contribution in [1.82, 2.24) is 10.2 Å². The van der Waals surface area contributed by atoms with Crippen LogP contribution in [0.1, 0.15) is 38.2 Å². The molecule has 24 heavy (non-hydrogen) atoms. The first-order valence-corrected chi connectivity index (χ1v) is 8.39. The van der Waals surface area contributed by atoms with Crippen LogP contribution in [-0.4, -0.2) is 46.4 Å². The fourth-order valence-corrected chi connectivity index (χ4v) is 3.01. The van der Waals surface area contributed by atoms with E-state index in [4.69, 9.17) is 0 Å². The van der Waals surface area contributed by atoms with Gasteiger partial charge in [0.15, 0.2) is 0 Å². The molecule has 0 bridgehead atoms. The molecular formula is C18H24N2O4. The number of hydrogen-bond acceptors (Lipinski definition) is 3. The Morgan fingerprint density at radius 3 is 2.62 bits per heavy atom. The summed E-state index contributed by atoms with van der Waals surface area (Å²) in [4.78, 5) is 37.7. The fraction of sp³-hybridized carbons (Fsp3) is 0.500. The van der Waals surface area contributed by atoms with Crippen LogP contribution in [0, 0.1) is 0 Å². The summed E-state index contributed by atoms with van der Waals surface area (Å²) in [5.41, 5.74) is 0.843. The summed E-state index contributed by atoms with van der Waals surface area (Å²) in [5, 5.41) is 12.0. The van der Waals surface area contributed by atoms with Crippen LogP contribution in [0.25, 0.3) is 0 Å². The molecule has 1 saturated heterocycles. The van der Waals surface area contributed by atoms with Crippen molar-refractivity contribution in [2.24, 2.45) is 0 Å². The van der Waals surface area contributed by atoms with Crippen LogP contribution in [-0.2, 0) is 20.8 Å². The van der Waals surface area contributed by atoms with Crippen molar-refractivity contribution < 1.29 is 19.5 Å². The summed E-state index contributed by atoms with van der Waals surface area (Å²) in [6, 6.07) is 7.62. The van der Waals surface area contributed by atoms with Crippen LogP contribution in [0.5, 0.6) is 0 Å². The Bertz CT molecular complexity index is 588. The third-order valence-corrected chi connectivity index (χ3v) is 4.24. The first kappa shape index (κ1) is 18.0. The van der Waals surface area contributed by atoms with Gasteiger partial charge in [0.05, 0.1) is 0 Å². The van der Waals surface area contributed by atoms with Gasteiger partial charge in [0.25, 0.3) is 0 Å². The van der Waals surface area contributed by atoms with Crippen LogP contribution >= 0.6 is 0 Å². The maximum absolute atomic E-state index is 12.5. The molecule has 2 atom stereocenters. The SMILES string of the molecule is CCCC(=O)N1CCCC1C(=O)NC(Cc1ccccc1)C(=O)O. The predicted molar refractivity (Wildman–Crippen MR) is 89.4 cm³/mol. The maximum atomic E-state index is 12.5. The van der Waals surface area contributed by atoms with Gasteiger partial charge in [-0.25, -0.2) is 4.79 Å². The quantitative estimate of drug-likeness (QED) is 0.794. The number of carbonyl (C=O) groups excluding carboxylic acids is 2. The first-order valence-electron chi connectivity index (χ1n) is 8.39. The summed E-state index contributed by atoms with van der Waals surface area (Å²) in [6.07, 6.45) is 2.71. The Kier molecular flexibility index (Phi) is 6.35. The van der Waals surface area contributed by atoms with E-state index in [1.807, 2.05) is 37.3 Å². The Morgan fingerprint density at radius 1 is 1.29 bits per heavy atom. The average Bonchev–Trinajstić information content (AvgIpc) is 3.05. The summed E-state index contributed by atoms with van der Waals surface area (Å²) >= 11 is 0. The second-order valence-electron chi connectivity index (χ2n) is 6.08. The minimum absolute atomic E-state index is 0.0370. The zero-order valence-electron chi connectivity index (χ0n) is 13.9. The average molecular weight is 332 g/mol. The Balaban J connectivity index is 2.02. The lowest BCUT2D eigenvalue weighted by molar-refractivity contribution is -0.143. The normalized spacial score (nSPS) is 18.2. The molecular weight excluding hydrogens is 308 g/mol. The van der Waals surface area contributed by atoms with Gasteiger partial charge in [0.2, 0.25) is 11.8 Å². The maximum Gasteiger partial charge on any atom is 0.326 e. The molecule has 130 valence electrons. The number of carboxylic acids is 1. The van der Waals surface area contributed by atoms with Crippen molar-refractivity contribution in [1.29, 1.82) is 0 Å². The Labute approximate surface area is 141 Å². The van der Waals surface area contributed by atoms with Crippen molar-refractivity contribution in [2.75, 3.05) is 6.54 Å². The van der Waals surface area contributed by atoms with E-state index in [1.54, 1.807) is 4.90 Å². The molecule has 6 nitrogen and oxygen atoms in total. The molecule has 2 rings (SSSR count). The zero-order chi connectivity index (χ0) is 17.5. The van der Waals surface area contributed by atoms with E-state index in [0.717, 1.165) is 18.4 Å². The number of likely N-dealkylation sites (tertiary alicyclic amines) is 1. The van der Waals surface area contributed by atoms with Gasteiger partial charge < -0.3 is 15.3 Å². The third-order valence-electron chi connectivity index (χ3n) is 4.24. The van der Waals surface area contributed by atoms with Crippen molar-refractivity contribution in [3.63, 3.8) is 0 Å². The van der Waals surface area contributed by atoms with Gasteiger partial charge >= 0.3 is 5.97 Å². The van der Waals surface area contributed by atoms with E-state index >= 15 is 0 Å². The molecule has 6 heteroatoms. The van der Waals surface area contributed by atoms with Gasteiger partial charge in [-0.2, -0.15) is 0 Å². The van der Waals surface area contributed by atoms with Crippen LogP contribution in [0.15, 0.2) is 30.3 Å². The Hall–Kier alpha value is -2.37. The van der Waals surface area contributed by atoms with E-state index < -0.39 is 18.1 Å². The number of benzene rings is 1. The van der Waals surface area contributed by atoms with Gasteiger partial charge in [-0.3, -0.25) is 9.59 Å². The van der Waals surface area contributed by atoms with Crippen LogP contribution in [0.2, 0.25) is 0 Å². The molecule has 0 radical (unpaired) electrons. The third kappa shape index (κ3) is 4.57. The van der Waals surface area contributed by atoms with E-state index in [-0.39, 0.29) is 18.2 Å². The largest absolute Gasteiger partial charge is 0.480 e. The molecule has 1 aliphatic rings. The summed E-state index contributed by atoms with van der Waals surface area (Å²) in [6.45, 7) is 2.48. The molecule has 1 aromatic rings. The van der Waals surface area contributed by atoms with Crippen LogP contribution in [0.3, 0.4) is 0 Å². The van der Waals surface area contributed by atoms with Gasteiger partial charge in [-0.1, -0.05) is 37.3 Å². The summed E-state index contributed by atoms with van der Waals surface area (Å²) in [7, 11) is 0. The highest BCUT2D eigenvalue weighted by atomic mass is 16.4. The summed E-state index contributed by atoms with van der Waals surface area (Å²) < 4.78 is 0. The van der Waals surface area contributed by atoms with Gasteiger partial charge in [-0.05, 0) is 24.8 Å². The van der Waals surface area contributed by atoms with E-state index in [2.05, 4.69) is 5.32 Å². The van der Waals surface area contributed by atoms with E-state index in [1.165, 1.54) is 0 Å². The predicted octanol–water partition coefficient (Wildman–Crippen LogP) is 1.59. The molecule has 0 spiro atoms. The smallest absolute Gasteiger partial charge is 0.326 e. The Morgan fingerprint density at radius 2 is 2.00 bits per heavy atom. The minimum atomic E-state index is -1.07. The number of nitrogens with zero attached hydrogens (tertiary/aromatic N) is 1. The lowest BCUT2D eigenvalue weighted by atomic mass is 10.1. The van der Waals surface area contributed by atoms with E-state index in [0.29, 0.717) is 19.4 Å². The molecule has 0 saturated carbocycles. The molecule has 2 amide bonds. The second-order valence-corrected chi connectivity index (χ2v) is 6.08. The molecule has 0 aromatic heterocycles. The van der Waals surface area contributed by atoms with Gasteiger partial charge in [-0.15, -0.1) is 0 Å². The fourth-order valence-electron chi connectivity index (χ4n) is 3.01. The highest BCUT2D eigenvalue weighted by Gasteiger charge is 2.35. The highest BCUT2D eigenvalue weighted by Crippen LogP contribution is 2.19. The van der Waals surface area contributed by atoms with Crippen LogP contribution in [0.4, 0.5) is 0 Å². The van der Waals surface area contributed by atoms with Crippen molar-refractivity contribution >= 4 is 17.8 Å². The molecule has 1 aromatic carbocycles. The zero-order valence-corrected chi connectivity index (χ0v) is 13.9. The lowest BCUT2D eigenvalue weighted by Crippen LogP contribution is -2.51. The number of carboxylic acid groups (broad SMARTS) is 1. The number of rotatable bonds is 7. The topological polar surface area (TPSA) is 86.7 Å². The number of hydrogen-bond donors (Lipinski definition) is 2. The molecule has 1 heterocycles. The van der Waals surface area contributed by atoms with Gasteiger partial charge in [0, 0.05) is 19.4 Å². The number of amides is 2. The summed E-state index contributed by atoms with van der Waals surface area (Å²) in [5.74, 6) is -1.48. The molecule has 2 N–H and O–H groups in total. The number of aliphatic carboxylic acids is 1. The highest BCUT2D eigenvalue weighted by molar-refractivity contribution is 5.91. The van der Waals surface area contributed by atoms with Crippen molar-refractivity contribution in [3.05, 3.63) is 35.9 Å². The number of carbonyl (C=O) groups is 3. The minimum Gasteiger partial charge on any atom is -0.480 e. The van der Waals surface area contributed by atoms with Crippen LogP contribution < -0.4 is 5.32 Å². The molecule has 1 aliphatic heterocycles.